The Balaban J connectivity index is 2.68. The molecule has 18 heavy (non-hydrogen) atoms. The van der Waals surface area contributed by atoms with Gasteiger partial charge in [-0.1, -0.05) is 12.1 Å². The van der Waals surface area contributed by atoms with Crippen molar-refractivity contribution >= 4 is 36.6 Å². The second-order valence-corrected chi connectivity index (χ2v) is 7.01. The van der Waals surface area contributed by atoms with Gasteiger partial charge in [0.25, 0.3) is 0 Å². The Bertz CT molecular complexity index is 642. The number of benzene rings is 2. The minimum Gasteiger partial charge on any atom is -0.321 e. The van der Waals surface area contributed by atoms with Crippen molar-refractivity contribution in [3.8, 4) is 0 Å². The summed E-state index contributed by atoms with van der Waals surface area (Å²) >= 11 is 0. The van der Waals surface area contributed by atoms with Gasteiger partial charge < -0.3 is 19.6 Å². The van der Waals surface area contributed by atoms with Gasteiger partial charge in [0.2, 0.25) is 0 Å². The largest absolute Gasteiger partial charge is 0.356 e. The van der Waals surface area contributed by atoms with Crippen molar-refractivity contribution in [1.82, 2.24) is 0 Å². The summed E-state index contributed by atoms with van der Waals surface area (Å²) in [4.78, 5) is 36.1. The summed E-state index contributed by atoms with van der Waals surface area (Å²) in [6.07, 6.45) is 0. The van der Waals surface area contributed by atoms with E-state index in [9.17, 15) is 9.13 Å². The van der Waals surface area contributed by atoms with Gasteiger partial charge in [-0.3, -0.25) is 9.13 Å². The van der Waals surface area contributed by atoms with Crippen LogP contribution in [0.3, 0.4) is 0 Å². The van der Waals surface area contributed by atoms with E-state index in [0.717, 1.165) is 0 Å². The Hall–Kier alpha value is -1.00. The molecular weight excluding hydrogens is 278 g/mol. The quantitative estimate of drug-likeness (QED) is 0.596. The van der Waals surface area contributed by atoms with Crippen LogP contribution in [0.1, 0.15) is 0 Å². The molecule has 0 radical (unpaired) electrons. The van der Waals surface area contributed by atoms with Crippen molar-refractivity contribution in [2.24, 2.45) is 0 Å². The Morgan fingerprint density at radius 1 is 0.667 bits per heavy atom. The van der Waals surface area contributed by atoms with Gasteiger partial charge in [0.15, 0.2) is 0 Å². The molecule has 4 N–H and O–H groups in total. The van der Waals surface area contributed by atoms with Crippen LogP contribution in [0.25, 0.3) is 10.8 Å². The maximum absolute atomic E-state index is 11.1. The molecule has 0 saturated carbocycles. The smallest absolute Gasteiger partial charge is 0.321 e. The first kappa shape index (κ1) is 13.4. The van der Waals surface area contributed by atoms with E-state index in [1.165, 1.54) is 36.4 Å². The molecule has 0 heterocycles. The Morgan fingerprint density at radius 3 is 1.39 bits per heavy atom. The highest BCUT2D eigenvalue weighted by Crippen LogP contribution is 2.36. The number of rotatable bonds is 2. The molecule has 8 heteroatoms. The van der Waals surface area contributed by atoms with Gasteiger partial charge in [0.05, 0.1) is 10.6 Å². The third kappa shape index (κ3) is 2.70. The molecule has 0 bridgehead atoms. The van der Waals surface area contributed by atoms with E-state index in [2.05, 4.69) is 0 Å². The highest BCUT2D eigenvalue weighted by Gasteiger charge is 2.19. The van der Waals surface area contributed by atoms with E-state index in [0.29, 0.717) is 10.8 Å². The minimum absolute atomic E-state index is 0.183. The summed E-state index contributed by atoms with van der Waals surface area (Å²) < 4.78 is 22.2. The molecule has 0 aliphatic rings. The summed E-state index contributed by atoms with van der Waals surface area (Å²) in [7, 11) is -8.74. The van der Waals surface area contributed by atoms with Crippen molar-refractivity contribution < 1.29 is 28.7 Å². The van der Waals surface area contributed by atoms with Crippen LogP contribution in [0.4, 0.5) is 0 Å². The maximum atomic E-state index is 11.1. The first-order valence-corrected chi connectivity index (χ1v) is 8.06. The third-order valence-corrected chi connectivity index (χ3v) is 4.38. The van der Waals surface area contributed by atoms with E-state index in [4.69, 9.17) is 19.6 Å². The van der Waals surface area contributed by atoms with E-state index in [1.807, 2.05) is 0 Å². The lowest BCUT2D eigenvalue weighted by molar-refractivity contribution is 0.385. The minimum atomic E-state index is -4.37. The summed E-state index contributed by atoms with van der Waals surface area (Å²) in [5.74, 6) is 0. The second-order valence-electron chi connectivity index (χ2n) is 3.80. The molecule has 0 aliphatic carbocycles. The predicted molar refractivity (Wildman–Crippen MR) is 67.3 cm³/mol. The third-order valence-electron chi connectivity index (χ3n) is 2.48. The van der Waals surface area contributed by atoms with Crippen molar-refractivity contribution in [1.29, 1.82) is 0 Å². The number of fused-ring (bicyclic) bond motifs is 1. The summed E-state index contributed by atoms with van der Waals surface area (Å²) in [5.41, 5.74) is 0. The van der Waals surface area contributed by atoms with E-state index in [-0.39, 0.29) is 10.6 Å². The average Bonchev–Trinajstić information content (AvgIpc) is 2.25. The van der Waals surface area contributed by atoms with Crippen LogP contribution in [-0.4, -0.2) is 19.6 Å². The molecule has 0 saturated heterocycles. The highest BCUT2D eigenvalue weighted by molar-refractivity contribution is 7.60. The van der Waals surface area contributed by atoms with Crippen molar-refractivity contribution in [3.05, 3.63) is 36.4 Å². The van der Waals surface area contributed by atoms with Crippen LogP contribution in [0.5, 0.6) is 0 Å². The zero-order chi connectivity index (χ0) is 13.6. The highest BCUT2D eigenvalue weighted by atomic mass is 31.2. The number of hydrogen-bond acceptors (Lipinski definition) is 2. The van der Waals surface area contributed by atoms with Gasteiger partial charge in [-0.25, -0.2) is 0 Å². The first-order chi connectivity index (χ1) is 8.18. The van der Waals surface area contributed by atoms with Gasteiger partial charge in [-0.05, 0) is 35.0 Å². The molecule has 0 amide bonds. The van der Waals surface area contributed by atoms with Crippen molar-refractivity contribution in [2.45, 2.75) is 0 Å². The second kappa shape index (κ2) is 4.28. The maximum Gasteiger partial charge on any atom is 0.356 e. The zero-order valence-electron chi connectivity index (χ0n) is 8.96. The lowest BCUT2D eigenvalue weighted by Crippen LogP contribution is -2.06. The van der Waals surface area contributed by atoms with E-state index < -0.39 is 15.2 Å². The predicted octanol–water partition coefficient (Wildman–Crippen LogP) is 0.446. The fraction of sp³-hybridized carbons (Fsp3) is 0. The zero-order valence-corrected chi connectivity index (χ0v) is 10.8. The molecule has 2 aromatic carbocycles. The molecule has 0 fully saturated rings. The summed E-state index contributed by atoms with van der Waals surface area (Å²) in [6, 6.07) is 8.03. The van der Waals surface area contributed by atoms with E-state index in [1.54, 1.807) is 0 Å². The van der Waals surface area contributed by atoms with Crippen LogP contribution in [0.15, 0.2) is 36.4 Å². The standard InChI is InChI=1S/C10H10O6P2/c11-17(12,13)9-3-1-7-2-4-10(18(14,15)16)6-8(7)5-9/h1-6H,(H2,11,12,13)(H2,14,15,16). The summed E-state index contributed by atoms with van der Waals surface area (Å²) in [5, 5.41) is 0.650. The van der Waals surface area contributed by atoms with Crippen molar-refractivity contribution in [2.75, 3.05) is 0 Å². The molecule has 0 atom stereocenters. The molecule has 0 unspecified atom stereocenters. The monoisotopic (exact) mass is 288 g/mol. The normalized spacial score (nSPS) is 12.9. The molecule has 2 aromatic rings. The molecule has 0 aliphatic heterocycles. The fourth-order valence-electron chi connectivity index (χ4n) is 1.58. The summed E-state index contributed by atoms with van der Waals surface area (Å²) in [6.45, 7) is 0. The van der Waals surface area contributed by atoms with Gasteiger partial charge in [0, 0.05) is 0 Å². The van der Waals surface area contributed by atoms with Crippen LogP contribution in [0.2, 0.25) is 0 Å². The average molecular weight is 288 g/mol. The Labute approximate surface area is 102 Å². The van der Waals surface area contributed by atoms with Crippen LogP contribution in [0, 0.1) is 0 Å². The Morgan fingerprint density at radius 2 is 1.06 bits per heavy atom. The van der Waals surface area contributed by atoms with E-state index >= 15 is 0 Å². The fourth-order valence-corrected chi connectivity index (χ4v) is 2.74. The Kier molecular flexibility index (Phi) is 3.19. The molecule has 0 aromatic heterocycles. The lowest BCUT2D eigenvalue weighted by atomic mass is 10.1. The van der Waals surface area contributed by atoms with Gasteiger partial charge >= 0.3 is 15.2 Å². The molecule has 6 nitrogen and oxygen atoms in total. The first-order valence-electron chi connectivity index (χ1n) is 4.84. The molecule has 0 spiro atoms. The van der Waals surface area contributed by atoms with Crippen LogP contribution >= 0.6 is 15.2 Å². The molecule has 2 rings (SSSR count). The number of hydrogen-bond donors (Lipinski definition) is 4. The molecule has 96 valence electrons. The molecular formula is C10H10O6P2. The van der Waals surface area contributed by atoms with Crippen LogP contribution in [-0.2, 0) is 9.13 Å². The van der Waals surface area contributed by atoms with Gasteiger partial charge in [-0.15, -0.1) is 0 Å². The van der Waals surface area contributed by atoms with Gasteiger partial charge in [0.1, 0.15) is 0 Å². The van der Waals surface area contributed by atoms with Gasteiger partial charge in [-0.2, -0.15) is 0 Å². The topological polar surface area (TPSA) is 115 Å². The SMILES string of the molecule is O=P(O)(O)c1ccc2ccc(P(=O)(O)O)cc2c1. The van der Waals surface area contributed by atoms with Crippen LogP contribution < -0.4 is 10.6 Å². The lowest BCUT2D eigenvalue weighted by Gasteiger charge is -2.08. The van der Waals surface area contributed by atoms with Crippen molar-refractivity contribution in [3.63, 3.8) is 0 Å².